The van der Waals surface area contributed by atoms with Crippen LogP contribution in [0, 0.1) is 5.82 Å². The molecule has 0 aromatic heterocycles. The Morgan fingerprint density at radius 1 is 1.15 bits per heavy atom. The number of fused-ring (bicyclic) bond motifs is 1. The van der Waals surface area contributed by atoms with Gasteiger partial charge < -0.3 is 14.8 Å². The Bertz CT molecular complexity index is 664. The predicted molar refractivity (Wildman–Crippen MR) is 81.7 cm³/mol. The van der Waals surface area contributed by atoms with Crippen LogP contribution in [0.25, 0.3) is 0 Å². The normalized spacial score (nSPS) is 12.6. The second-order valence-corrected chi connectivity index (χ2v) is 6.06. The van der Waals surface area contributed by atoms with Crippen molar-refractivity contribution < 1.29 is 13.9 Å². The van der Waals surface area contributed by atoms with Gasteiger partial charge in [-0.05, 0) is 51.8 Å². The molecular formula is C14H10Br2FNO2. The van der Waals surface area contributed by atoms with Crippen molar-refractivity contribution in [3.8, 4) is 11.5 Å². The zero-order chi connectivity index (χ0) is 14.1. The summed E-state index contributed by atoms with van der Waals surface area (Å²) in [5.74, 6) is 1.13. The first kappa shape index (κ1) is 13.7. The Kier molecular flexibility index (Phi) is 3.85. The fraction of sp³-hybridized carbons (Fsp3) is 0.143. The summed E-state index contributed by atoms with van der Waals surface area (Å²) < 4.78 is 26.0. The number of nitrogens with one attached hydrogen (secondary N) is 1. The minimum absolute atomic E-state index is 0.227. The van der Waals surface area contributed by atoms with Gasteiger partial charge in [0.25, 0.3) is 0 Å². The molecule has 0 spiro atoms. The highest BCUT2D eigenvalue weighted by atomic mass is 79.9. The first-order valence-electron chi connectivity index (χ1n) is 5.90. The highest BCUT2D eigenvalue weighted by Crippen LogP contribution is 2.40. The summed E-state index contributed by atoms with van der Waals surface area (Å²) in [5, 5.41) is 3.07. The fourth-order valence-electron chi connectivity index (χ4n) is 1.95. The van der Waals surface area contributed by atoms with E-state index in [1.165, 1.54) is 6.07 Å². The van der Waals surface area contributed by atoms with Crippen LogP contribution in [0.4, 0.5) is 10.1 Å². The van der Waals surface area contributed by atoms with E-state index >= 15 is 0 Å². The summed E-state index contributed by atoms with van der Waals surface area (Å²) in [6, 6.07) is 8.60. The maximum absolute atomic E-state index is 13.6. The maximum Gasteiger partial charge on any atom is 0.231 e. The van der Waals surface area contributed by atoms with Crippen LogP contribution >= 0.6 is 31.9 Å². The SMILES string of the molecule is Fc1ccc(Br)cc1NCc1cc(Br)c2c(c1)OCO2. The minimum Gasteiger partial charge on any atom is -0.454 e. The Labute approximate surface area is 132 Å². The highest BCUT2D eigenvalue weighted by Gasteiger charge is 2.17. The summed E-state index contributed by atoms with van der Waals surface area (Å²) in [6.07, 6.45) is 0. The van der Waals surface area contributed by atoms with E-state index in [2.05, 4.69) is 37.2 Å². The van der Waals surface area contributed by atoms with Gasteiger partial charge in [0, 0.05) is 11.0 Å². The van der Waals surface area contributed by atoms with E-state index in [0.717, 1.165) is 14.5 Å². The number of hydrogen-bond donors (Lipinski definition) is 1. The lowest BCUT2D eigenvalue weighted by Crippen LogP contribution is -2.01. The van der Waals surface area contributed by atoms with E-state index in [1.54, 1.807) is 12.1 Å². The molecule has 0 atom stereocenters. The lowest BCUT2D eigenvalue weighted by molar-refractivity contribution is 0.173. The summed E-state index contributed by atoms with van der Waals surface area (Å²) in [6.45, 7) is 0.716. The molecule has 6 heteroatoms. The topological polar surface area (TPSA) is 30.5 Å². The monoisotopic (exact) mass is 401 g/mol. The predicted octanol–water partition coefficient (Wildman–Crippen LogP) is 4.69. The number of hydrogen-bond acceptors (Lipinski definition) is 3. The average Bonchev–Trinajstić information content (AvgIpc) is 2.89. The third-order valence-electron chi connectivity index (χ3n) is 2.90. The molecule has 104 valence electrons. The lowest BCUT2D eigenvalue weighted by Gasteiger charge is -2.09. The summed E-state index contributed by atoms with van der Waals surface area (Å²) >= 11 is 6.76. The van der Waals surface area contributed by atoms with Crippen LogP contribution in [0.3, 0.4) is 0 Å². The summed E-state index contributed by atoms with van der Waals surface area (Å²) in [7, 11) is 0. The summed E-state index contributed by atoms with van der Waals surface area (Å²) in [5.41, 5.74) is 1.42. The number of rotatable bonds is 3. The third-order valence-corrected chi connectivity index (χ3v) is 3.98. The average molecular weight is 403 g/mol. The van der Waals surface area contributed by atoms with Crippen LogP contribution in [0.15, 0.2) is 39.3 Å². The standard InChI is InChI=1S/C14H10Br2FNO2/c15-9-1-2-11(17)12(5-9)18-6-8-3-10(16)14-13(4-8)19-7-20-14/h1-5,18H,6-7H2. The Hall–Kier alpha value is -1.27. The van der Waals surface area contributed by atoms with Crippen LogP contribution in [0.1, 0.15) is 5.56 Å². The minimum atomic E-state index is -0.284. The van der Waals surface area contributed by atoms with Crippen LogP contribution in [0.2, 0.25) is 0 Å². The van der Waals surface area contributed by atoms with Gasteiger partial charge in [0.2, 0.25) is 6.79 Å². The van der Waals surface area contributed by atoms with Crippen molar-refractivity contribution in [1.29, 1.82) is 0 Å². The molecule has 0 saturated heterocycles. The third kappa shape index (κ3) is 2.76. The van der Waals surface area contributed by atoms with E-state index in [0.29, 0.717) is 23.7 Å². The van der Waals surface area contributed by atoms with Gasteiger partial charge in [0.15, 0.2) is 11.5 Å². The molecule has 0 saturated carbocycles. The zero-order valence-corrected chi connectivity index (χ0v) is 13.4. The van der Waals surface area contributed by atoms with Gasteiger partial charge in [-0.15, -0.1) is 0 Å². The Morgan fingerprint density at radius 3 is 2.85 bits per heavy atom. The molecule has 20 heavy (non-hydrogen) atoms. The quantitative estimate of drug-likeness (QED) is 0.807. The largest absolute Gasteiger partial charge is 0.454 e. The molecule has 1 N–H and O–H groups in total. The second kappa shape index (κ2) is 5.61. The Morgan fingerprint density at radius 2 is 2.00 bits per heavy atom. The molecule has 0 amide bonds. The van der Waals surface area contributed by atoms with Gasteiger partial charge in [0.1, 0.15) is 5.82 Å². The maximum atomic E-state index is 13.6. The van der Waals surface area contributed by atoms with Crippen LogP contribution in [-0.4, -0.2) is 6.79 Å². The van der Waals surface area contributed by atoms with Crippen LogP contribution in [-0.2, 0) is 6.54 Å². The first-order chi connectivity index (χ1) is 9.63. The molecule has 0 unspecified atom stereocenters. The van der Waals surface area contributed by atoms with Crippen molar-refractivity contribution in [2.75, 3.05) is 12.1 Å². The molecule has 0 bridgehead atoms. The van der Waals surface area contributed by atoms with E-state index < -0.39 is 0 Å². The van der Waals surface area contributed by atoms with Crippen molar-refractivity contribution in [1.82, 2.24) is 0 Å². The molecule has 1 heterocycles. The molecule has 2 aromatic carbocycles. The van der Waals surface area contributed by atoms with E-state index in [1.807, 2.05) is 12.1 Å². The molecule has 3 rings (SSSR count). The van der Waals surface area contributed by atoms with Gasteiger partial charge in [-0.1, -0.05) is 15.9 Å². The number of halogens is 3. The van der Waals surface area contributed by atoms with E-state index in [9.17, 15) is 4.39 Å². The molecule has 1 aliphatic rings. The first-order valence-corrected chi connectivity index (χ1v) is 7.49. The molecule has 0 fully saturated rings. The lowest BCUT2D eigenvalue weighted by atomic mass is 10.2. The number of benzene rings is 2. The number of ether oxygens (including phenoxy) is 2. The van der Waals surface area contributed by atoms with Gasteiger partial charge in [0.05, 0.1) is 10.2 Å². The van der Waals surface area contributed by atoms with Gasteiger partial charge >= 0.3 is 0 Å². The van der Waals surface area contributed by atoms with Gasteiger partial charge in [-0.25, -0.2) is 4.39 Å². The molecule has 0 radical (unpaired) electrons. The van der Waals surface area contributed by atoms with Crippen molar-refractivity contribution in [3.05, 3.63) is 50.7 Å². The second-order valence-electron chi connectivity index (χ2n) is 4.29. The number of anilines is 1. The molecule has 0 aliphatic carbocycles. The molecule has 3 nitrogen and oxygen atoms in total. The zero-order valence-electron chi connectivity index (χ0n) is 10.3. The van der Waals surface area contributed by atoms with Crippen LogP contribution < -0.4 is 14.8 Å². The molecular weight excluding hydrogens is 393 g/mol. The molecule has 2 aromatic rings. The van der Waals surface area contributed by atoms with Gasteiger partial charge in [-0.3, -0.25) is 0 Å². The van der Waals surface area contributed by atoms with E-state index in [4.69, 9.17) is 9.47 Å². The van der Waals surface area contributed by atoms with E-state index in [-0.39, 0.29) is 12.6 Å². The highest BCUT2D eigenvalue weighted by molar-refractivity contribution is 9.10. The van der Waals surface area contributed by atoms with Crippen molar-refractivity contribution in [2.24, 2.45) is 0 Å². The summed E-state index contributed by atoms with van der Waals surface area (Å²) in [4.78, 5) is 0. The van der Waals surface area contributed by atoms with Crippen molar-refractivity contribution in [3.63, 3.8) is 0 Å². The van der Waals surface area contributed by atoms with Gasteiger partial charge in [-0.2, -0.15) is 0 Å². The van der Waals surface area contributed by atoms with Crippen molar-refractivity contribution in [2.45, 2.75) is 6.54 Å². The Balaban J connectivity index is 1.79. The smallest absolute Gasteiger partial charge is 0.231 e. The van der Waals surface area contributed by atoms with Crippen molar-refractivity contribution >= 4 is 37.5 Å². The fourth-order valence-corrected chi connectivity index (χ4v) is 2.92. The molecule has 1 aliphatic heterocycles. The van der Waals surface area contributed by atoms with Crippen LogP contribution in [0.5, 0.6) is 11.5 Å².